The molecular formula is C24H22ClF4N7. The number of nitrogens with zero attached hydrogens (tertiary/aromatic N) is 7. The molecule has 5 heterocycles. The van der Waals surface area contributed by atoms with Gasteiger partial charge in [0.2, 0.25) is 5.95 Å². The highest BCUT2D eigenvalue weighted by molar-refractivity contribution is 6.30. The third kappa shape index (κ3) is 3.25. The maximum Gasteiger partial charge on any atom is 0.406 e. The fraction of sp³-hybridized carbons (Fsp3) is 0.458. The molecule has 3 fully saturated rings. The fourth-order valence-corrected chi connectivity index (χ4v) is 6.17. The quantitative estimate of drug-likeness (QED) is 0.484. The van der Waals surface area contributed by atoms with Gasteiger partial charge >= 0.3 is 6.18 Å². The fourth-order valence-electron chi connectivity index (χ4n) is 5.98. The minimum absolute atomic E-state index is 0.0573. The standard InChI is InChI=1S/C24H22ClF4N7/c25-16-1-3-18-15(7-16)9-35(23(5-6-23)24(27,28)29)10-20-31-32-21(36(18)20)34-13-22(14-34)11-33(12-22)19-4-2-17(26)8-30-19/h1-4,7-8H,5-6,9-14H2. The van der Waals surface area contributed by atoms with Gasteiger partial charge in [-0.25, -0.2) is 9.37 Å². The number of aromatic nitrogens is 4. The molecule has 2 saturated heterocycles. The van der Waals surface area contributed by atoms with Crippen molar-refractivity contribution >= 4 is 23.4 Å². The number of pyridine rings is 1. The second kappa shape index (κ2) is 7.32. The normalized spacial score (nSPS) is 21.9. The monoisotopic (exact) mass is 519 g/mol. The summed E-state index contributed by atoms with van der Waals surface area (Å²) >= 11 is 6.25. The van der Waals surface area contributed by atoms with E-state index in [1.165, 1.54) is 17.2 Å². The molecule has 1 aliphatic carbocycles. The molecule has 7 nitrogen and oxygen atoms in total. The first-order chi connectivity index (χ1) is 17.2. The molecule has 4 aliphatic rings. The van der Waals surface area contributed by atoms with Gasteiger partial charge in [-0.2, -0.15) is 13.2 Å². The topological polar surface area (TPSA) is 53.3 Å². The molecule has 3 aromatic rings. The van der Waals surface area contributed by atoms with Crippen molar-refractivity contribution in [2.45, 2.75) is 37.6 Å². The Morgan fingerprint density at radius 2 is 1.67 bits per heavy atom. The molecule has 7 rings (SSSR count). The molecule has 0 amide bonds. The molecule has 3 aliphatic heterocycles. The average molecular weight is 520 g/mol. The predicted octanol–water partition coefficient (Wildman–Crippen LogP) is 4.19. The van der Waals surface area contributed by atoms with Crippen LogP contribution in [0.3, 0.4) is 0 Å². The van der Waals surface area contributed by atoms with Gasteiger partial charge in [-0.15, -0.1) is 10.2 Å². The first-order valence-electron chi connectivity index (χ1n) is 11.8. The highest BCUT2D eigenvalue weighted by Crippen LogP contribution is 2.55. The zero-order valence-electron chi connectivity index (χ0n) is 19.1. The van der Waals surface area contributed by atoms with Gasteiger partial charge in [-0.3, -0.25) is 9.47 Å². The van der Waals surface area contributed by atoms with Crippen LogP contribution in [0.1, 0.15) is 24.2 Å². The van der Waals surface area contributed by atoms with Crippen molar-refractivity contribution in [1.29, 1.82) is 0 Å². The van der Waals surface area contributed by atoms with E-state index in [0.717, 1.165) is 43.2 Å². The highest BCUT2D eigenvalue weighted by atomic mass is 35.5. The van der Waals surface area contributed by atoms with Crippen molar-refractivity contribution in [2.24, 2.45) is 5.41 Å². The number of hydrogen-bond acceptors (Lipinski definition) is 6. The van der Waals surface area contributed by atoms with Gasteiger partial charge in [0.1, 0.15) is 17.2 Å². The summed E-state index contributed by atoms with van der Waals surface area (Å²) in [5, 5.41) is 9.26. The Bertz CT molecular complexity index is 1340. The molecule has 0 radical (unpaired) electrons. The van der Waals surface area contributed by atoms with Crippen molar-refractivity contribution in [3.63, 3.8) is 0 Å². The Hall–Kier alpha value is -2.92. The van der Waals surface area contributed by atoms with E-state index in [0.29, 0.717) is 16.8 Å². The summed E-state index contributed by atoms with van der Waals surface area (Å²) in [6.07, 6.45) is -2.93. The minimum atomic E-state index is -4.32. The van der Waals surface area contributed by atoms with Gasteiger partial charge in [-0.05, 0) is 48.7 Å². The van der Waals surface area contributed by atoms with Crippen molar-refractivity contribution in [3.8, 4) is 5.69 Å². The molecule has 2 aromatic heterocycles. The van der Waals surface area contributed by atoms with Crippen molar-refractivity contribution in [1.82, 2.24) is 24.6 Å². The van der Waals surface area contributed by atoms with E-state index in [9.17, 15) is 17.6 Å². The van der Waals surface area contributed by atoms with Gasteiger partial charge in [-0.1, -0.05) is 11.6 Å². The highest BCUT2D eigenvalue weighted by Gasteiger charge is 2.67. The molecule has 36 heavy (non-hydrogen) atoms. The number of alkyl halides is 3. The largest absolute Gasteiger partial charge is 0.406 e. The Balaban J connectivity index is 1.16. The second-order valence-electron chi connectivity index (χ2n) is 10.5. The molecule has 0 unspecified atom stereocenters. The summed E-state index contributed by atoms with van der Waals surface area (Å²) in [5.74, 6) is 1.52. The molecule has 1 aromatic carbocycles. The number of benzene rings is 1. The third-order valence-electron chi connectivity index (χ3n) is 7.97. The smallest absolute Gasteiger partial charge is 0.355 e. The van der Waals surface area contributed by atoms with Gasteiger partial charge in [0.25, 0.3) is 0 Å². The maximum atomic E-state index is 14.0. The maximum absolute atomic E-state index is 14.0. The number of halogens is 5. The Morgan fingerprint density at radius 1 is 0.917 bits per heavy atom. The van der Waals surface area contributed by atoms with Crippen LogP contribution >= 0.6 is 11.6 Å². The summed E-state index contributed by atoms with van der Waals surface area (Å²) in [6, 6.07) is 8.41. The van der Waals surface area contributed by atoms with E-state index < -0.39 is 11.7 Å². The van der Waals surface area contributed by atoms with Crippen molar-refractivity contribution in [3.05, 3.63) is 58.8 Å². The minimum Gasteiger partial charge on any atom is -0.355 e. The summed E-state index contributed by atoms with van der Waals surface area (Å²) in [6.45, 7) is 3.31. The van der Waals surface area contributed by atoms with Crippen LogP contribution in [0.2, 0.25) is 5.02 Å². The molecule has 12 heteroatoms. The Labute approximate surface area is 209 Å². The summed E-state index contributed by atoms with van der Waals surface area (Å²) < 4.78 is 57.1. The Kier molecular flexibility index (Phi) is 4.53. The van der Waals surface area contributed by atoms with Crippen LogP contribution in [0.5, 0.6) is 0 Å². The van der Waals surface area contributed by atoms with Gasteiger partial charge < -0.3 is 9.80 Å². The lowest BCUT2D eigenvalue weighted by Crippen LogP contribution is -2.73. The van der Waals surface area contributed by atoms with E-state index in [-0.39, 0.29) is 37.2 Å². The predicted molar refractivity (Wildman–Crippen MR) is 125 cm³/mol. The van der Waals surface area contributed by atoms with Crippen molar-refractivity contribution < 1.29 is 17.6 Å². The molecule has 1 saturated carbocycles. The molecular weight excluding hydrogens is 498 g/mol. The third-order valence-corrected chi connectivity index (χ3v) is 8.20. The molecule has 0 atom stereocenters. The van der Waals surface area contributed by atoms with Crippen molar-refractivity contribution in [2.75, 3.05) is 36.0 Å². The molecule has 188 valence electrons. The van der Waals surface area contributed by atoms with E-state index in [2.05, 4.69) is 25.0 Å². The lowest BCUT2D eigenvalue weighted by Gasteiger charge is -2.60. The zero-order chi connectivity index (χ0) is 24.9. The van der Waals surface area contributed by atoms with E-state index in [4.69, 9.17) is 11.6 Å². The van der Waals surface area contributed by atoms with Crippen LogP contribution in [0.15, 0.2) is 36.5 Å². The van der Waals surface area contributed by atoms with Crippen LogP contribution in [0.25, 0.3) is 5.69 Å². The van der Waals surface area contributed by atoms with Gasteiger partial charge in [0.15, 0.2) is 5.82 Å². The number of hydrogen-bond donors (Lipinski definition) is 0. The lowest BCUT2D eigenvalue weighted by atomic mass is 9.73. The Morgan fingerprint density at radius 3 is 2.33 bits per heavy atom. The van der Waals surface area contributed by atoms with Gasteiger partial charge in [0.05, 0.1) is 18.4 Å². The van der Waals surface area contributed by atoms with E-state index >= 15 is 0 Å². The SMILES string of the molecule is Fc1ccc(N2CC3(C2)CN(c2nnc4n2-c2ccc(Cl)cc2CN(C2(C(F)(F)F)CC2)C4)C3)nc1. The summed E-state index contributed by atoms with van der Waals surface area (Å²) in [4.78, 5) is 9.88. The number of rotatable bonds is 3. The lowest BCUT2D eigenvalue weighted by molar-refractivity contribution is -0.200. The molecule has 1 spiro atoms. The average Bonchev–Trinajstić information content (AvgIpc) is 3.52. The van der Waals surface area contributed by atoms with Crippen LogP contribution in [0, 0.1) is 11.2 Å². The summed E-state index contributed by atoms with van der Waals surface area (Å²) in [5.41, 5.74) is -0.249. The first kappa shape index (κ1) is 22.3. The second-order valence-corrected chi connectivity index (χ2v) is 10.9. The summed E-state index contributed by atoms with van der Waals surface area (Å²) in [7, 11) is 0. The zero-order valence-corrected chi connectivity index (χ0v) is 19.9. The van der Waals surface area contributed by atoms with Crippen LogP contribution < -0.4 is 9.80 Å². The number of anilines is 2. The van der Waals surface area contributed by atoms with E-state index in [1.807, 2.05) is 10.6 Å². The van der Waals surface area contributed by atoms with Crippen LogP contribution in [-0.4, -0.2) is 62.5 Å². The van der Waals surface area contributed by atoms with Crippen LogP contribution in [-0.2, 0) is 13.1 Å². The number of fused-ring (bicyclic) bond motifs is 3. The molecule has 0 bridgehead atoms. The van der Waals surface area contributed by atoms with Gasteiger partial charge in [0, 0.05) is 43.2 Å². The molecule has 0 N–H and O–H groups in total. The van der Waals surface area contributed by atoms with E-state index in [1.54, 1.807) is 18.2 Å². The van der Waals surface area contributed by atoms with Crippen LogP contribution in [0.4, 0.5) is 29.3 Å². The first-order valence-corrected chi connectivity index (χ1v) is 12.2.